The molecule has 0 saturated carbocycles. The number of nitrogens with two attached hydrogens (primary N) is 1. The Balaban J connectivity index is 2.34. The van der Waals surface area contributed by atoms with Gasteiger partial charge in [-0.3, -0.25) is 0 Å². The highest BCUT2D eigenvalue weighted by atomic mass is 35.5. The minimum absolute atomic E-state index is 0.549. The summed E-state index contributed by atoms with van der Waals surface area (Å²) in [5, 5.41) is 0.700. The minimum Gasteiger partial charge on any atom is -0.457 e. The van der Waals surface area contributed by atoms with Crippen molar-refractivity contribution in [3.8, 4) is 11.5 Å². The van der Waals surface area contributed by atoms with E-state index in [-0.39, 0.29) is 0 Å². The summed E-state index contributed by atoms with van der Waals surface area (Å²) < 4.78 is 5.93. The Bertz CT molecular complexity index is 540. The highest BCUT2D eigenvalue weighted by Gasteiger charge is 2.09. The van der Waals surface area contributed by atoms with Crippen molar-refractivity contribution in [1.29, 1.82) is 0 Å². The second-order valence-electron chi connectivity index (χ2n) is 4.12. The standard InChI is InChI=1S/C15H16ClNO/c1-11-5-2-3-7-14(11)18-15-8-4-6-13(16)12(15)9-10-17/h2-8H,9-10,17H2,1H3. The average molecular weight is 262 g/mol. The molecule has 0 bridgehead atoms. The van der Waals surface area contributed by atoms with Gasteiger partial charge >= 0.3 is 0 Å². The van der Waals surface area contributed by atoms with Gasteiger partial charge in [-0.25, -0.2) is 0 Å². The maximum Gasteiger partial charge on any atom is 0.132 e. The van der Waals surface area contributed by atoms with Crippen LogP contribution in [0.3, 0.4) is 0 Å². The van der Waals surface area contributed by atoms with Gasteiger partial charge in [-0.05, 0) is 43.7 Å². The zero-order valence-corrected chi connectivity index (χ0v) is 11.1. The van der Waals surface area contributed by atoms with E-state index in [0.717, 1.165) is 22.6 Å². The summed E-state index contributed by atoms with van der Waals surface area (Å²) in [4.78, 5) is 0. The van der Waals surface area contributed by atoms with Crippen LogP contribution >= 0.6 is 11.6 Å². The van der Waals surface area contributed by atoms with E-state index >= 15 is 0 Å². The molecule has 0 amide bonds. The molecule has 2 aromatic carbocycles. The fourth-order valence-electron chi connectivity index (χ4n) is 1.81. The first-order valence-corrected chi connectivity index (χ1v) is 6.31. The van der Waals surface area contributed by atoms with Gasteiger partial charge in [0, 0.05) is 10.6 Å². The van der Waals surface area contributed by atoms with Crippen molar-refractivity contribution in [3.05, 3.63) is 58.6 Å². The Morgan fingerprint density at radius 1 is 1.06 bits per heavy atom. The molecule has 0 spiro atoms. The second kappa shape index (κ2) is 5.89. The number of benzene rings is 2. The van der Waals surface area contributed by atoms with Gasteiger partial charge in [0.1, 0.15) is 11.5 Å². The number of hydrogen-bond donors (Lipinski definition) is 1. The van der Waals surface area contributed by atoms with E-state index in [1.54, 1.807) is 0 Å². The molecule has 0 aliphatic rings. The third-order valence-corrected chi connectivity index (χ3v) is 3.14. The summed E-state index contributed by atoms with van der Waals surface area (Å²) in [6.45, 7) is 2.57. The topological polar surface area (TPSA) is 35.2 Å². The summed E-state index contributed by atoms with van der Waals surface area (Å²) in [5.74, 6) is 1.63. The molecule has 0 heterocycles. The molecule has 3 heteroatoms. The van der Waals surface area contributed by atoms with Crippen molar-refractivity contribution in [2.45, 2.75) is 13.3 Å². The smallest absolute Gasteiger partial charge is 0.132 e. The molecule has 94 valence electrons. The van der Waals surface area contributed by atoms with Crippen molar-refractivity contribution in [2.24, 2.45) is 5.73 Å². The van der Waals surface area contributed by atoms with E-state index in [1.807, 2.05) is 49.4 Å². The van der Waals surface area contributed by atoms with Crippen LogP contribution in [0.25, 0.3) is 0 Å². The van der Waals surface area contributed by atoms with E-state index in [4.69, 9.17) is 22.1 Å². The van der Waals surface area contributed by atoms with Crippen molar-refractivity contribution in [3.63, 3.8) is 0 Å². The zero-order chi connectivity index (χ0) is 13.0. The predicted molar refractivity (Wildman–Crippen MR) is 75.5 cm³/mol. The van der Waals surface area contributed by atoms with Gasteiger partial charge in [-0.1, -0.05) is 35.9 Å². The second-order valence-corrected chi connectivity index (χ2v) is 4.53. The van der Waals surface area contributed by atoms with Gasteiger partial charge in [0.2, 0.25) is 0 Å². The van der Waals surface area contributed by atoms with E-state index in [0.29, 0.717) is 18.0 Å². The quantitative estimate of drug-likeness (QED) is 0.905. The van der Waals surface area contributed by atoms with Crippen LogP contribution in [0.5, 0.6) is 11.5 Å². The van der Waals surface area contributed by atoms with Crippen LogP contribution in [0, 0.1) is 6.92 Å². The van der Waals surface area contributed by atoms with Crippen LogP contribution in [0.2, 0.25) is 5.02 Å². The molecule has 0 aliphatic heterocycles. The first kappa shape index (κ1) is 12.9. The van der Waals surface area contributed by atoms with Crippen LogP contribution < -0.4 is 10.5 Å². The van der Waals surface area contributed by atoms with Crippen LogP contribution in [0.15, 0.2) is 42.5 Å². The molecule has 0 radical (unpaired) electrons. The number of para-hydroxylation sites is 1. The van der Waals surface area contributed by atoms with Crippen LogP contribution in [-0.4, -0.2) is 6.54 Å². The molecule has 2 N–H and O–H groups in total. The first-order chi connectivity index (χ1) is 8.72. The number of halogens is 1. The summed E-state index contributed by atoms with van der Waals surface area (Å²) in [5.41, 5.74) is 7.66. The van der Waals surface area contributed by atoms with E-state index in [9.17, 15) is 0 Å². The Morgan fingerprint density at radius 2 is 1.78 bits per heavy atom. The van der Waals surface area contributed by atoms with Gasteiger partial charge in [-0.15, -0.1) is 0 Å². The first-order valence-electron chi connectivity index (χ1n) is 5.93. The number of ether oxygens (including phenoxy) is 1. The Morgan fingerprint density at radius 3 is 2.50 bits per heavy atom. The van der Waals surface area contributed by atoms with Crippen molar-refractivity contribution >= 4 is 11.6 Å². The lowest BCUT2D eigenvalue weighted by Crippen LogP contribution is -2.04. The molecule has 0 unspecified atom stereocenters. The SMILES string of the molecule is Cc1ccccc1Oc1cccc(Cl)c1CCN. The fourth-order valence-corrected chi connectivity index (χ4v) is 2.07. The van der Waals surface area contributed by atoms with Gasteiger partial charge in [0.25, 0.3) is 0 Å². The number of aryl methyl sites for hydroxylation is 1. The summed E-state index contributed by atoms with van der Waals surface area (Å²) >= 11 is 6.18. The monoisotopic (exact) mass is 261 g/mol. The van der Waals surface area contributed by atoms with Crippen LogP contribution in [0.4, 0.5) is 0 Å². The lowest BCUT2D eigenvalue weighted by molar-refractivity contribution is 0.472. The molecule has 0 saturated heterocycles. The van der Waals surface area contributed by atoms with Crippen LogP contribution in [-0.2, 0) is 6.42 Å². The Hall–Kier alpha value is -1.51. The molecular formula is C15H16ClNO. The molecule has 0 fully saturated rings. The van der Waals surface area contributed by atoms with Gasteiger partial charge in [0.15, 0.2) is 0 Å². The third kappa shape index (κ3) is 2.84. The number of rotatable bonds is 4. The van der Waals surface area contributed by atoms with Gasteiger partial charge in [0.05, 0.1) is 0 Å². The van der Waals surface area contributed by atoms with Crippen LogP contribution in [0.1, 0.15) is 11.1 Å². The lowest BCUT2D eigenvalue weighted by atomic mass is 10.1. The molecule has 18 heavy (non-hydrogen) atoms. The van der Waals surface area contributed by atoms with E-state index in [1.165, 1.54) is 0 Å². The van der Waals surface area contributed by atoms with E-state index in [2.05, 4.69) is 0 Å². The third-order valence-electron chi connectivity index (χ3n) is 2.78. The minimum atomic E-state index is 0.549. The molecule has 2 rings (SSSR count). The molecule has 2 nitrogen and oxygen atoms in total. The molecule has 0 aliphatic carbocycles. The highest BCUT2D eigenvalue weighted by molar-refractivity contribution is 6.31. The highest BCUT2D eigenvalue weighted by Crippen LogP contribution is 2.31. The normalized spacial score (nSPS) is 10.4. The maximum atomic E-state index is 6.18. The Kier molecular flexibility index (Phi) is 4.24. The largest absolute Gasteiger partial charge is 0.457 e. The van der Waals surface area contributed by atoms with Crippen molar-refractivity contribution in [2.75, 3.05) is 6.54 Å². The molecule has 2 aromatic rings. The summed E-state index contributed by atoms with van der Waals surface area (Å²) in [6, 6.07) is 13.6. The summed E-state index contributed by atoms with van der Waals surface area (Å²) in [7, 11) is 0. The Labute approximate surface area is 112 Å². The van der Waals surface area contributed by atoms with Gasteiger partial charge < -0.3 is 10.5 Å². The fraction of sp³-hybridized carbons (Fsp3) is 0.200. The average Bonchev–Trinajstić information content (AvgIpc) is 2.36. The number of hydrogen-bond acceptors (Lipinski definition) is 2. The molecule has 0 atom stereocenters. The lowest BCUT2D eigenvalue weighted by Gasteiger charge is -2.13. The summed E-state index contributed by atoms with van der Waals surface area (Å²) in [6.07, 6.45) is 0.709. The zero-order valence-electron chi connectivity index (χ0n) is 10.3. The maximum absolute atomic E-state index is 6.18. The van der Waals surface area contributed by atoms with Gasteiger partial charge in [-0.2, -0.15) is 0 Å². The van der Waals surface area contributed by atoms with E-state index < -0.39 is 0 Å². The van der Waals surface area contributed by atoms with Crippen molar-refractivity contribution in [1.82, 2.24) is 0 Å². The van der Waals surface area contributed by atoms with Crippen molar-refractivity contribution < 1.29 is 4.74 Å². The molecular weight excluding hydrogens is 246 g/mol. The molecule has 0 aromatic heterocycles. The predicted octanol–water partition coefficient (Wildman–Crippen LogP) is 3.94.